The molecule has 0 atom stereocenters. The molecule has 1 aromatic rings. The van der Waals surface area contributed by atoms with E-state index in [1.807, 2.05) is 0 Å². The van der Waals surface area contributed by atoms with Gasteiger partial charge in [0.05, 0.1) is 6.20 Å². The van der Waals surface area contributed by atoms with Crippen LogP contribution in [0.15, 0.2) is 18.3 Å². The van der Waals surface area contributed by atoms with Gasteiger partial charge in [-0.25, -0.2) is 13.8 Å². The summed E-state index contributed by atoms with van der Waals surface area (Å²) in [6, 6.07) is 2.58. The molecule has 0 saturated carbocycles. The third-order valence-corrected chi connectivity index (χ3v) is 1.51. The number of nitrogen functional groups attached to an aromatic ring is 1. The van der Waals surface area contributed by atoms with E-state index in [0.717, 1.165) is 6.20 Å². The Kier molecular flexibility index (Phi) is 3.33. The Morgan fingerprint density at radius 2 is 2.07 bits per heavy atom. The van der Waals surface area contributed by atoms with Gasteiger partial charge in [0.2, 0.25) is 0 Å². The van der Waals surface area contributed by atoms with Crippen molar-refractivity contribution in [2.75, 3.05) is 12.3 Å². The summed E-state index contributed by atoms with van der Waals surface area (Å²) in [6.45, 7) is -1.39. The number of ether oxygens (including phenoxy) is 1. The van der Waals surface area contributed by atoms with Gasteiger partial charge < -0.3 is 10.5 Å². The molecule has 0 fully saturated rings. The molecule has 1 rings (SSSR count). The average molecular weight is 224 g/mol. The Morgan fingerprint density at radius 3 is 2.53 bits per heavy atom. The van der Waals surface area contributed by atoms with E-state index in [2.05, 4.69) is 9.72 Å². The third-order valence-electron chi connectivity index (χ3n) is 1.51. The quantitative estimate of drug-likeness (QED) is 0.795. The van der Waals surface area contributed by atoms with E-state index in [0.29, 0.717) is 0 Å². The first-order valence-electron chi connectivity index (χ1n) is 3.92. The summed E-state index contributed by atoms with van der Waals surface area (Å²) in [5.41, 5.74) is 5.22. The number of halogens is 4. The highest BCUT2D eigenvalue weighted by atomic mass is 19.3. The second-order valence-corrected chi connectivity index (χ2v) is 2.77. The highest BCUT2D eigenvalue weighted by Gasteiger charge is 2.41. The monoisotopic (exact) mass is 224 g/mol. The first-order chi connectivity index (χ1) is 6.92. The van der Waals surface area contributed by atoms with E-state index in [1.54, 1.807) is 0 Å². The Hall–Kier alpha value is -1.53. The van der Waals surface area contributed by atoms with Gasteiger partial charge in [0, 0.05) is 0 Å². The molecule has 0 aromatic carbocycles. The lowest BCUT2D eigenvalue weighted by atomic mass is 10.4. The number of hydrogen-bond acceptors (Lipinski definition) is 3. The Balaban J connectivity index is 2.54. The summed E-state index contributed by atoms with van der Waals surface area (Å²) >= 11 is 0. The molecule has 7 heteroatoms. The molecule has 84 valence electrons. The van der Waals surface area contributed by atoms with Crippen LogP contribution in [-0.4, -0.2) is 23.9 Å². The lowest BCUT2D eigenvalue weighted by Gasteiger charge is -2.15. The third kappa shape index (κ3) is 3.26. The lowest BCUT2D eigenvalue weighted by molar-refractivity contribution is -0.148. The minimum Gasteiger partial charge on any atom is -0.485 e. The lowest BCUT2D eigenvalue weighted by Crippen LogP contribution is -2.33. The maximum Gasteiger partial charge on any atom is 0.340 e. The molecule has 0 aliphatic rings. The molecule has 0 unspecified atom stereocenters. The maximum absolute atomic E-state index is 12.4. The molecule has 0 spiro atoms. The van der Waals surface area contributed by atoms with Crippen LogP contribution in [0.25, 0.3) is 0 Å². The van der Waals surface area contributed by atoms with Crippen LogP contribution in [-0.2, 0) is 0 Å². The summed E-state index contributed by atoms with van der Waals surface area (Å²) in [4.78, 5) is 3.55. The summed E-state index contributed by atoms with van der Waals surface area (Å²) in [5, 5.41) is 0. The number of nitrogens with two attached hydrogens (primary N) is 1. The van der Waals surface area contributed by atoms with Gasteiger partial charge in [-0.2, -0.15) is 8.78 Å². The minimum atomic E-state index is -4.17. The van der Waals surface area contributed by atoms with Crippen LogP contribution >= 0.6 is 0 Å². The highest BCUT2D eigenvalue weighted by Crippen LogP contribution is 2.24. The zero-order valence-corrected chi connectivity index (χ0v) is 7.46. The van der Waals surface area contributed by atoms with E-state index < -0.39 is 19.0 Å². The van der Waals surface area contributed by atoms with Crippen molar-refractivity contribution in [2.24, 2.45) is 0 Å². The molecule has 2 N–H and O–H groups in total. The van der Waals surface area contributed by atoms with Crippen molar-refractivity contribution in [2.45, 2.75) is 12.3 Å². The Labute approximate surface area is 82.9 Å². The number of rotatable bonds is 4. The van der Waals surface area contributed by atoms with Gasteiger partial charge in [-0.1, -0.05) is 0 Å². The minimum absolute atomic E-state index is 0.0375. The maximum atomic E-state index is 12.4. The molecule has 0 aliphatic carbocycles. The van der Waals surface area contributed by atoms with Gasteiger partial charge >= 0.3 is 12.3 Å². The zero-order chi connectivity index (χ0) is 11.5. The van der Waals surface area contributed by atoms with E-state index in [-0.39, 0.29) is 11.6 Å². The van der Waals surface area contributed by atoms with Gasteiger partial charge in [0.25, 0.3) is 0 Å². The van der Waals surface area contributed by atoms with Crippen molar-refractivity contribution < 1.29 is 22.3 Å². The second kappa shape index (κ2) is 4.33. The number of hydrogen-bond donors (Lipinski definition) is 1. The molecule has 1 heterocycles. The summed E-state index contributed by atoms with van der Waals surface area (Å²) < 4.78 is 52.6. The standard InChI is InChI=1S/C8H8F4N2O/c9-7(10)8(11,12)4-15-5-1-2-6(13)14-3-5/h1-3,7H,4H2,(H2,13,14). The van der Waals surface area contributed by atoms with Crippen molar-refractivity contribution in [1.29, 1.82) is 0 Å². The van der Waals surface area contributed by atoms with E-state index in [1.165, 1.54) is 12.1 Å². The van der Waals surface area contributed by atoms with Crippen LogP contribution in [0.4, 0.5) is 23.4 Å². The van der Waals surface area contributed by atoms with Crippen LogP contribution in [0, 0.1) is 0 Å². The molecule has 1 aromatic heterocycles. The van der Waals surface area contributed by atoms with E-state index in [4.69, 9.17) is 5.73 Å². The zero-order valence-electron chi connectivity index (χ0n) is 7.46. The normalized spacial score (nSPS) is 11.8. The largest absolute Gasteiger partial charge is 0.485 e. The van der Waals surface area contributed by atoms with Gasteiger partial charge in [0.1, 0.15) is 11.6 Å². The molecule has 0 saturated heterocycles. The summed E-state index contributed by atoms with van der Waals surface area (Å²) in [7, 11) is 0. The molecule has 15 heavy (non-hydrogen) atoms. The average Bonchev–Trinajstić information content (AvgIpc) is 2.17. The van der Waals surface area contributed by atoms with E-state index in [9.17, 15) is 17.6 Å². The van der Waals surface area contributed by atoms with Crippen molar-refractivity contribution >= 4 is 5.82 Å². The molecule has 0 amide bonds. The number of pyridine rings is 1. The van der Waals surface area contributed by atoms with E-state index >= 15 is 0 Å². The van der Waals surface area contributed by atoms with Gasteiger partial charge in [-0.05, 0) is 12.1 Å². The molecule has 3 nitrogen and oxygen atoms in total. The van der Waals surface area contributed by atoms with Gasteiger partial charge in [-0.15, -0.1) is 0 Å². The van der Waals surface area contributed by atoms with Crippen LogP contribution in [0.1, 0.15) is 0 Å². The SMILES string of the molecule is Nc1ccc(OCC(F)(F)C(F)F)cn1. The van der Waals surface area contributed by atoms with Crippen molar-refractivity contribution in [1.82, 2.24) is 4.98 Å². The summed E-state index contributed by atoms with van der Waals surface area (Å²) in [5.74, 6) is -4.02. The molecule has 0 bridgehead atoms. The van der Waals surface area contributed by atoms with Crippen molar-refractivity contribution in [3.05, 3.63) is 18.3 Å². The molecule has 0 radical (unpaired) electrons. The molecule has 0 aliphatic heterocycles. The van der Waals surface area contributed by atoms with Crippen LogP contribution in [0.2, 0.25) is 0 Å². The first-order valence-corrected chi connectivity index (χ1v) is 3.92. The fourth-order valence-electron chi connectivity index (χ4n) is 0.720. The number of anilines is 1. The van der Waals surface area contributed by atoms with Crippen molar-refractivity contribution in [3.63, 3.8) is 0 Å². The van der Waals surface area contributed by atoms with Crippen LogP contribution in [0.3, 0.4) is 0 Å². The smallest absolute Gasteiger partial charge is 0.340 e. The van der Waals surface area contributed by atoms with Gasteiger partial charge in [-0.3, -0.25) is 0 Å². The van der Waals surface area contributed by atoms with Gasteiger partial charge in [0.15, 0.2) is 6.61 Å². The number of nitrogens with zero attached hydrogens (tertiary/aromatic N) is 1. The Bertz CT molecular complexity index is 315. The second-order valence-electron chi connectivity index (χ2n) is 2.77. The number of aromatic nitrogens is 1. The highest BCUT2D eigenvalue weighted by molar-refractivity contribution is 5.32. The Morgan fingerprint density at radius 1 is 1.40 bits per heavy atom. The number of alkyl halides is 4. The predicted octanol–water partition coefficient (Wildman–Crippen LogP) is 1.94. The molecular weight excluding hydrogens is 216 g/mol. The molecular formula is C8H8F4N2O. The van der Waals surface area contributed by atoms with Crippen molar-refractivity contribution in [3.8, 4) is 5.75 Å². The first kappa shape index (κ1) is 11.5. The van der Waals surface area contributed by atoms with Crippen LogP contribution in [0.5, 0.6) is 5.75 Å². The fraction of sp³-hybridized carbons (Fsp3) is 0.375. The topological polar surface area (TPSA) is 48.1 Å². The summed E-state index contributed by atoms with van der Waals surface area (Å²) in [6.07, 6.45) is -2.67. The fourth-order valence-corrected chi connectivity index (χ4v) is 0.720. The van der Waals surface area contributed by atoms with Crippen LogP contribution < -0.4 is 10.5 Å². The predicted molar refractivity (Wildman–Crippen MR) is 45.1 cm³/mol.